The number of rotatable bonds is 11. The highest BCUT2D eigenvalue weighted by molar-refractivity contribution is 8.05. The van der Waals surface area contributed by atoms with Gasteiger partial charge >= 0.3 is 0 Å². The van der Waals surface area contributed by atoms with E-state index in [9.17, 15) is 33.7 Å². The molecule has 0 aliphatic rings. The van der Waals surface area contributed by atoms with Gasteiger partial charge in [0.2, 0.25) is 40.1 Å². The molecule has 0 atom stereocenters. The average molecular weight is 429 g/mol. The zero-order chi connectivity index (χ0) is 19.4. The maximum absolute atomic E-state index is 12.1. The molecule has 24 heavy (non-hydrogen) atoms. The largest absolute Gasteiger partial charge is 0.229 e. The van der Waals surface area contributed by atoms with Crippen molar-refractivity contribution in [3.05, 3.63) is 0 Å². The summed E-state index contributed by atoms with van der Waals surface area (Å²) in [5.74, 6) is -1.44. The first-order valence-corrected chi connectivity index (χ1v) is 13.4. The Morgan fingerprint density at radius 2 is 1.12 bits per heavy atom. The van der Waals surface area contributed by atoms with Crippen molar-refractivity contribution in [3.8, 4) is 0 Å². The van der Waals surface area contributed by atoms with Crippen LogP contribution >= 0.6 is 0 Å². The van der Waals surface area contributed by atoms with E-state index in [0.717, 1.165) is 0 Å². The van der Waals surface area contributed by atoms with E-state index >= 15 is 0 Å². The van der Waals surface area contributed by atoms with Crippen LogP contribution in [-0.4, -0.2) is 55.7 Å². The fourth-order valence-electron chi connectivity index (χ4n) is 1.46. The zero-order valence-corrected chi connectivity index (χ0v) is 17.2. The predicted molar refractivity (Wildman–Crippen MR) is 91.2 cm³/mol. The fraction of sp³-hybridized carbons (Fsp3) is 1.00. The topological polar surface area (TPSA) is 161 Å². The molecule has 2 N–H and O–H groups in total. The summed E-state index contributed by atoms with van der Waals surface area (Å²) < 4.78 is 94.5. The van der Waals surface area contributed by atoms with Gasteiger partial charge in [-0.05, 0) is 40.5 Å². The summed E-state index contributed by atoms with van der Waals surface area (Å²) in [6.07, 6.45) is -0.358. The highest BCUT2D eigenvalue weighted by atomic mass is 32.3. The Morgan fingerprint density at radius 1 is 0.708 bits per heavy atom. The molecular weight excluding hydrogens is 404 g/mol. The molecule has 0 rings (SSSR count). The van der Waals surface area contributed by atoms with Crippen LogP contribution in [-0.2, 0) is 40.1 Å². The first-order chi connectivity index (χ1) is 10.5. The quantitative estimate of drug-likeness (QED) is 0.427. The van der Waals surface area contributed by atoms with Gasteiger partial charge in [0.1, 0.15) is 0 Å². The van der Waals surface area contributed by atoms with Gasteiger partial charge in [0.25, 0.3) is 0 Å². The van der Waals surface area contributed by atoms with Gasteiger partial charge in [-0.1, -0.05) is 0 Å². The van der Waals surface area contributed by atoms with Gasteiger partial charge in [-0.25, -0.2) is 33.7 Å². The van der Waals surface area contributed by atoms with Crippen molar-refractivity contribution < 1.29 is 33.7 Å². The van der Waals surface area contributed by atoms with E-state index in [2.05, 4.69) is 0 Å². The Labute approximate surface area is 144 Å². The minimum Gasteiger partial charge on any atom is -0.211 e. The van der Waals surface area contributed by atoms with Crippen LogP contribution in [0.2, 0.25) is 0 Å². The summed E-state index contributed by atoms with van der Waals surface area (Å²) in [5.41, 5.74) is 0. The molecule has 0 aliphatic heterocycles. The monoisotopic (exact) mass is 428 g/mol. The molecule has 14 heteroatoms. The van der Waals surface area contributed by atoms with E-state index < -0.39 is 62.1 Å². The van der Waals surface area contributed by atoms with Crippen LogP contribution in [0.25, 0.3) is 0 Å². The molecule has 0 saturated heterocycles. The van der Waals surface area contributed by atoms with Crippen molar-refractivity contribution in [2.45, 2.75) is 45.3 Å². The Morgan fingerprint density at radius 3 is 1.54 bits per heavy atom. The maximum atomic E-state index is 12.1. The van der Waals surface area contributed by atoms with Crippen molar-refractivity contribution in [1.29, 1.82) is 0 Å². The Bertz CT molecular complexity index is 839. The molecule has 0 fully saturated rings. The van der Waals surface area contributed by atoms with E-state index in [1.165, 1.54) is 31.8 Å². The predicted octanol–water partition coefficient (Wildman–Crippen LogP) is -0.917. The molecule has 0 bridgehead atoms. The molecule has 0 heterocycles. The lowest BCUT2D eigenvalue weighted by atomic mass is 10.1. The molecule has 10 nitrogen and oxygen atoms in total. The van der Waals surface area contributed by atoms with Gasteiger partial charge in [0.05, 0.1) is 22.0 Å². The van der Waals surface area contributed by atoms with E-state index in [1.807, 2.05) is 0 Å². The summed E-state index contributed by atoms with van der Waals surface area (Å²) in [7, 11) is -16.3. The van der Waals surface area contributed by atoms with E-state index in [0.29, 0.717) is 0 Å². The first-order valence-electron chi connectivity index (χ1n) is 6.99. The molecule has 0 saturated carbocycles. The summed E-state index contributed by atoms with van der Waals surface area (Å²) >= 11 is 0. The van der Waals surface area contributed by atoms with Gasteiger partial charge in [-0.2, -0.15) is 0 Å². The Balaban J connectivity index is 4.98. The van der Waals surface area contributed by atoms with Gasteiger partial charge in [-0.15, -0.1) is 8.25 Å². The summed E-state index contributed by atoms with van der Waals surface area (Å²) in [6.45, 7) is 5.05. The standard InChI is InChI=1S/C10H24N2O8S4/c1-5-21(13,14)11-23(17,18)9-7-8-10(3,4)24(19,20)12-22(15,16)6-2/h11-12H,5-9H2,1-4H3. The highest BCUT2D eigenvalue weighted by Gasteiger charge is 2.37. The SMILES string of the molecule is CCS(=O)(=O)NS(=O)(=O)CCCC(C)(C)S(=O)(=O)NS(=O)(=O)CC. The maximum Gasteiger partial charge on any atom is 0.229 e. The zero-order valence-electron chi connectivity index (χ0n) is 13.9. The minimum atomic E-state index is -4.26. The third kappa shape index (κ3) is 7.74. The third-order valence-corrected chi connectivity index (χ3v) is 11.1. The number of hydrogen-bond donors (Lipinski definition) is 2. The molecule has 0 aromatic carbocycles. The normalized spacial score (nSPS) is 14.7. The van der Waals surface area contributed by atoms with E-state index in [-0.39, 0.29) is 12.8 Å². The molecule has 0 spiro atoms. The van der Waals surface area contributed by atoms with Gasteiger partial charge in [0, 0.05) is 0 Å². The second-order valence-electron chi connectivity index (χ2n) is 5.66. The molecule has 0 amide bonds. The van der Waals surface area contributed by atoms with Gasteiger partial charge < -0.3 is 0 Å². The van der Waals surface area contributed by atoms with Crippen LogP contribution in [0.1, 0.15) is 40.5 Å². The van der Waals surface area contributed by atoms with Gasteiger partial charge in [0.15, 0.2) is 0 Å². The van der Waals surface area contributed by atoms with Crippen molar-refractivity contribution in [1.82, 2.24) is 8.25 Å². The molecular formula is C10H24N2O8S4. The second kappa shape index (κ2) is 7.95. The van der Waals surface area contributed by atoms with Crippen molar-refractivity contribution in [3.63, 3.8) is 0 Å². The summed E-state index contributed by atoms with van der Waals surface area (Å²) in [5, 5.41) is 0. The lowest BCUT2D eigenvalue weighted by Crippen LogP contribution is -2.45. The molecule has 0 unspecified atom stereocenters. The van der Waals surface area contributed by atoms with Crippen LogP contribution in [0.4, 0.5) is 0 Å². The van der Waals surface area contributed by atoms with Crippen LogP contribution in [0.15, 0.2) is 0 Å². The Hall–Kier alpha value is -0.280. The van der Waals surface area contributed by atoms with Crippen LogP contribution in [0.5, 0.6) is 0 Å². The number of nitrogens with one attached hydrogen (secondary N) is 2. The molecule has 0 aliphatic carbocycles. The van der Waals surface area contributed by atoms with E-state index in [1.54, 1.807) is 4.13 Å². The van der Waals surface area contributed by atoms with Crippen LogP contribution in [0.3, 0.4) is 0 Å². The summed E-state index contributed by atoms with van der Waals surface area (Å²) in [6, 6.07) is 0. The summed E-state index contributed by atoms with van der Waals surface area (Å²) in [4.78, 5) is 0. The van der Waals surface area contributed by atoms with E-state index in [4.69, 9.17) is 0 Å². The molecule has 146 valence electrons. The minimum absolute atomic E-state index is 0.172. The molecule has 0 aromatic heterocycles. The van der Waals surface area contributed by atoms with Gasteiger partial charge in [-0.3, -0.25) is 0 Å². The smallest absolute Gasteiger partial charge is 0.211 e. The highest BCUT2D eigenvalue weighted by Crippen LogP contribution is 2.22. The number of sulfonamides is 4. The first kappa shape index (κ1) is 23.7. The number of hydrogen-bond acceptors (Lipinski definition) is 8. The lowest BCUT2D eigenvalue weighted by Gasteiger charge is -2.24. The van der Waals surface area contributed by atoms with Crippen molar-refractivity contribution >= 4 is 40.1 Å². The lowest BCUT2D eigenvalue weighted by molar-refractivity contribution is 0.514. The second-order valence-corrected chi connectivity index (χ2v) is 14.4. The molecule has 0 aromatic rings. The van der Waals surface area contributed by atoms with Crippen molar-refractivity contribution in [2.24, 2.45) is 0 Å². The fourth-order valence-corrected chi connectivity index (χ4v) is 7.46. The Kier molecular flexibility index (Phi) is 7.86. The average Bonchev–Trinajstić information content (AvgIpc) is 2.35. The molecule has 0 radical (unpaired) electrons. The van der Waals surface area contributed by atoms with Crippen LogP contribution < -0.4 is 8.25 Å². The third-order valence-electron chi connectivity index (χ3n) is 3.17. The van der Waals surface area contributed by atoms with Crippen molar-refractivity contribution in [2.75, 3.05) is 17.3 Å². The van der Waals surface area contributed by atoms with Crippen LogP contribution in [0, 0.1) is 0 Å².